The van der Waals surface area contributed by atoms with Crippen LogP contribution >= 0.6 is 11.6 Å². The predicted octanol–water partition coefficient (Wildman–Crippen LogP) is 2.89. The summed E-state index contributed by atoms with van der Waals surface area (Å²) < 4.78 is 10.9. The summed E-state index contributed by atoms with van der Waals surface area (Å²) in [5.41, 5.74) is 0.988. The lowest BCUT2D eigenvalue weighted by Crippen LogP contribution is -2.22. The Balaban J connectivity index is 1.80. The second-order valence-corrected chi connectivity index (χ2v) is 5.65. The number of nitrogens with zero attached hydrogens (tertiary/aromatic N) is 1. The summed E-state index contributed by atoms with van der Waals surface area (Å²) in [6.07, 6.45) is 0. The molecule has 0 bridgehead atoms. The van der Waals surface area contributed by atoms with Gasteiger partial charge in [-0.3, -0.25) is 4.79 Å². The number of rotatable bonds is 8. The van der Waals surface area contributed by atoms with Crippen LogP contribution in [-0.2, 0) is 12.4 Å². The number of hydrogen-bond acceptors (Lipinski definition) is 4. The van der Waals surface area contributed by atoms with Gasteiger partial charge in [0.1, 0.15) is 18.1 Å². The Labute approximate surface area is 141 Å². The second kappa shape index (κ2) is 8.60. The topological polar surface area (TPSA) is 54.7 Å². The molecule has 0 saturated carbocycles. The third kappa shape index (κ3) is 5.62. The van der Waals surface area contributed by atoms with Crippen molar-refractivity contribution in [2.24, 2.45) is 0 Å². The maximum absolute atomic E-state index is 11.9. The Morgan fingerprint density at radius 2 is 1.96 bits per heavy atom. The lowest BCUT2D eigenvalue weighted by atomic mass is 10.2. The van der Waals surface area contributed by atoms with Crippen LogP contribution in [-0.4, -0.2) is 38.1 Å². The number of halogens is 1. The van der Waals surface area contributed by atoms with Crippen molar-refractivity contribution in [1.82, 2.24) is 10.2 Å². The summed E-state index contributed by atoms with van der Waals surface area (Å²) in [6.45, 7) is 1.93. The fourth-order valence-corrected chi connectivity index (χ4v) is 2.03. The molecule has 2 rings (SSSR count). The van der Waals surface area contributed by atoms with Crippen molar-refractivity contribution in [2.75, 3.05) is 27.2 Å². The third-order valence-corrected chi connectivity index (χ3v) is 3.46. The molecule has 1 N–H and O–H groups in total. The fraction of sp³-hybridized carbons (Fsp3) is 0.353. The Morgan fingerprint density at radius 1 is 1.22 bits per heavy atom. The van der Waals surface area contributed by atoms with E-state index >= 15 is 0 Å². The maximum atomic E-state index is 11.9. The molecule has 1 aromatic heterocycles. The molecular weight excluding hydrogens is 316 g/mol. The number of furan rings is 1. The van der Waals surface area contributed by atoms with E-state index in [9.17, 15) is 4.79 Å². The zero-order chi connectivity index (χ0) is 16.7. The van der Waals surface area contributed by atoms with Gasteiger partial charge < -0.3 is 19.4 Å². The van der Waals surface area contributed by atoms with Gasteiger partial charge in [0.15, 0.2) is 5.76 Å². The SMILES string of the molecule is CN(C)CCOc1ccc(CNC(=O)c2ccc(CCl)o2)cc1. The average Bonchev–Trinajstić information content (AvgIpc) is 3.02. The van der Waals surface area contributed by atoms with E-state index < -0.39 is 0 Å². The van der Waals surface area contributed by atoms with E-state index in [0.29, 0.717) is 18.9 Å². The minimum Gasteiger partial charge on any atom is -0.492 e. The molecule has 0 saturated heterocycles. The van der Waals surface area contributed by atoms with E-state index in [1.54, 1.807) is 12.1 Å². The summed E-state index contributed by atoms with van der Waals surface area (Å²) >= 11 is 5.65. The molecule has 1 amide bonds. The molecule has 0 radical (unpaired) electrons. The minimum atomic E-state index is -0.257. The molecule has 0 spiro atoms. The fourth-order valence-electron chi connectivity index (χ4n) is 1.89. The molecule has 6 heteroatoms. The molecule has 0 aliphatic carbocycles. The van der Waals surface area contributed by atoms with E-state index in [4.69, 9.17) is 20.8 Å². The molecule has 0 unspecified atom stereocenters. The predicted molar refractivity (Wildman–Crippen MR) is 89.9 cm³/mol. The summed E-state index contributed by atoms with van der Waals surface area (Å²) in [6, 6.07) is 11.0. The standard InChI is InChI=1S/C17H21ClN2O3/c1-20(2)9-10-22-14-5-3-13(4-6-14)12-19-17(21)16-8-7-15(11-18)23-16/h3-8H,9-12H2,1-2H3,(H,19,21). The van der Waals surface area contributed by atoms with Crippen LogP contribution in [0.4, 0.5) is 0 Å². The minimum absolute atomic E-state index is 0.253. The largest absolute Gasteiger partial charge is 0.492 e. The number of benzene rings is 1. The van der Waals surface area contributed by atoms with Crippen molar-refractivity contribution < 1.29 is 13.9 Å². The van der Waals surface area contributed by atoms with Crippen LogP contribution in [0, 0.1) is 0 Å². The molecule has 0 aliphatic rings. The van der Waals surface area contributed by atoms with Gasteiger partial charge in [0.2, 0.25) is 0 Å². The first-order valence-corrected chi connectivity index (χ1v) is 7.91. The quantitative estimate of drug-likeness (QED) is 0.753. The van der Waals surface area contributed by atoms with Crippen molar-refractivity contribution in [3.63, 3.8) is 0 Å². The van der Waals surface area contributed by atoms with Gasteiger partial charge in [-0.1, -0.05) is 12.1 Å². The van der Waals surface area contributed by atoms with Crippen LogP contribution in [0.1, 0.15) is 21.9 Å². The lowest BCUT2D eigenvalue weighted by molar-refractivity contribution is 0.0921. The number of nitrogens with one attached hydrogen (secondary N) is 1. The first kappa shape index (κ1) is 17.4. The number of carbonyl (C=O) groups excluding carboxylic acids is 1. The Hall–Kier alpha value is -1.98. The Bertz CT molecular complexity index is 623. The van der Waals surface area contributed by atoms with Gasteiger partial charge in [0.25, 0.3) is 5.91 Å². The molecule has 1 aromatic carbocycles. The van der Waals surface area contributed by atoms with Gasteiger partial charge in [-0.25, -0.2) is 0 Å². The van der Waals surface area contributed by atoms with Crippen molar-refractivity contribution in [3.8, 4) is 5.75 Å². The van der Waals surface area contributed by atoms with Crippen LogP contribution in [0.2, 0.25) is 0 Å². The van der Waals surface area contributed by atoms with Crippen molar-refractivity contribution in [2.45, 2.75) is 12.4 Å². The summed E-state index contributed by atoms with van der Waals surface area (Å²) in [5, 5.41) is 2.81. The van der Waals surface area contributed by atoms with Gasteiger partial charge in [0, 0.05) is 13.1 Å². The highest BCUT2D eigenvalue weighted by atomic mass is 35.5. The highest BCUT2D eigenvalue weighted by Gasteiger charge is 2.10. The second-order valence-electron chi connectivity index (χ2n) is 5.38. The third-order valence-electron chi connectivity index (χ3n) is 3.20. The molecule has 124 valence electrons. The summed E-state index contributed by atoms with van der Waals surface area (Å²) in [5.74, 6) is 1.66. The average molecular weight is 337 g/mol. The van der Waals surface area contributed by atoms with E-state index in [2.05, 4.69) is 10.2 Å². The number of ether oxygens (including phenoxy) is 1. The van der Waals surface area contributed by atoms with Gasteiger partial charge in [-0.15, -0.1) is 11.6 Å². The van der Waals surface area contributed by atoms with Gasteiger partial charge in [-0.05, 0) is 43.9 Å². The molecule has 23 heavy (non-hydrogen) atoms. The van der Waals surface area contributed by atoms with Crippen LogP contribution in [0.25, 0.3) is 0 Å². The molecule has 2 aromatic rings. The molecule has 5 nitrogen and oxygen atoms in total. The summed E-state index contributed by atoms with van der Waals surface area (Å²) in [4.78, 5) is 14.0. The van der Waals surface area contributed by atoms with E-state index in [0.717, 1.165) is 17.9 Å². The highest BCUT2D eigenvalue weighted by Crippen LogP contribution is 2.13. The van der Waals surface area contributed by atoms with Crippen LogP contribution in [0.15, 0.2) is 40.8 Å². The van der Waals surface area contributed by atoms with Gasteiger partial charge >= 0.3 is 0 Å². The van der Waals surface area contributed by atoms with Gasteiger partial charge in [0.05, 0.1) is 5.88 Å². The van der Waals surface area contributed by atoms with Crippen LogP contribution in [0.3, 0.4) is 0 Å². The molecule has 0 aliphatic heterocycles. The summed E-state index contributed by atoms with van der Waals surface area (Å²) in [7, 11) is 4.01. The van der Waals surface area contributed by atoms with E-state index in [-0.39, 0.29) is 17.5 Å². The molecule has 0 fully saturated rings. The molecular formula is C17H21ClN2O3. The number of carbonyl (C=O) groups is 1. The monoisotopic (exact) mass is 336 g/mol. The zero-order valence-electron chi connectivity index (χ0n) is 13.3. The van der Waals surface area contributed by atoms with Crippen molar-refractivity contribution in [3.05, 3.63) is 53.5 Å². The molecule has 0 atom stereocenters. The smallest absolute Gasteiger partial charge is 0.287 e. The number of amides is 1. The van der Waals surface area contributed by atoms with Gasteiger partial charge in [-0.2, -0.15) is 0 Å². The number of likely N-dealkylation sites (N-methyl/N-ethyl adjacent to an activating group) is 1. The van der Waals surface area contributed by atoms with Crippen LogP contribution < -0.4 is 10.1 Å². The first-order chi connectivity index (χ1) is 11.1. The van der Waals surface area contributed by atoms with Crippen molar-refractivity contribution in [1.29, 1.82) is 0 Å². The first-order valence-electron chi connectivity index (χ1n) is 7.38. The molecule has 1 heterocycles. The Morgan fingerprint density at radius 3 is 2.57 bits per heavy atom. The maximum Gasteiger partial charge on any atom is 0.287 e. The van der Waals surface area contributed by atoms with E-state index in [1.165, 1.54) is 0 Å². The highest BCUT2D eigenvalue weighted by molar-refractivity contribution is 6.16. The number of hydrogen-bond donors (Lipinski definition) is 1. The Kier molecular flexibility index (Phi) is 6.50. The lowest BCUT2D eigenvalue weighted by Gasteiger charge is -2.11. The van der Waals surface area contributed by atoms with Crippen molar-refractivity contribution >= 4 is 17.5 Å². The van der Waals surface area contributed by atoms with E-state index in [1.807, 2.05) is 38.4 Å². The number of alkyl halides is 1. The van der Waals surface area contributed by atoms with Crippen LogP contribution in [0.5, 0.6) is 5.75 Å². The zero-order valence-corrected chi connectivity index (χ0v) is 14.1. The normalized spacial score (nSPS) is 10.8.